The average Bonchev–Trinajstić information content (AvgIpc) is 3.61. The van der Waals surface area contributed by atoms with Crippen molar-refractivity contribution in [2.45, 2.75) is 32.2 Å². The maximum Gasteiger partial charge on any atom is 0.324 e. The van der Waals surface area contributed by atoms with Gasteiger partial charge in [-0.15, -0.1) is 0 Å². The SMILES string of the molecule is C=C1NCc2ccc(Oc3nc4c(c(N5C[C@H]6CCC[C@H]6C5)n3)-c3cc(F)cc(NC)c3C4)cc21. The van der Waals surface area contributed by atoms with Crippen LogP contribution in [-0.4, -0.2) is 30.1 Å². The summed E-state index contributed by atoms with van der Waals surface area (Å²) in [5.41, 5.74) is 7.78. The van der Waals surface area contributed by atoms with Crippen molar-refractivity contribution >= 4 is 17.2 Å². The summed E-state index contributed by atoms with van der Waals surface area (Å²) in [6, 6.07) is 9.54. The van der Waals surface area contributed by atoms with Crippen LogP contribution in [-0.2, 0) is 13.0 Å². The van der Waals surface area contributed by atoms with E-state index in [4.69, 9.17) is 14.7 Å². The molecule has 1 saturated heterocycles. The minimum atomic E-state index is -0.252. The molecule has 0 unspecified atom stereocenters. The molecule has 2 fully saturated rings. The second-order valence-electron chi connectivity index (χ2n) is 10.2. The zero-order chi connectivity index (χ0) is 23.7. The molecule has 1 aromatic heterocycles. The van der Waals surface area contributed by atoms with Crippen molar-refractivity contribution < 1.29 is 9.13 Å². The van der Waals surface area contributed by atoms with Crippen molar-refractivity contribution in [3.8, 4) is 22.9 Å². The number of benzene rings is 2. The van der Waals surface area contributed by atoms with Gasteiger partial charge in [-0.25, -0.2) is 4.39 Å². The molecule has 7 heteroatoms. The Bertz CT molecular complexity index is 1370. The summed E-state index contributed by atoms with van der Waals surface area (Å²) in [4.78, 5) is 12.2. The van der Waals surface area contributed by atoms with E-state index < -0.39 is 0 Å². The molecule has 2 N–H and O–H groups in total. The first-order chi connectivity index (χ1) is 17.1. The first-order valence-electron chi connectivity index (χ1n) is 12.5. The first-order valence-corrected chi connectivity index (χ1v) is 12.5. The highest BCUT2D eigenvalue weighted by atomic mass is 19.1. The van der Waals surface area contributed by atoms with Crippen LogP contribution in [0.15, 0.2) is 36.9 Å². The number of hydrogen-bond donors (Lipinski definition) is 2. The topological polar surface area (TPSA) is 62.3 Å². The third-order valence-electron chi connectivity index (χ3n) is 8.18. The minimum absolute atomic E-state index is 0.252. The molecule has 7 rings (SSSR count). The molecule has 0 amide bonds. The second kappa shape index (κ2) is 7.70. The van der Waals surface area contributed by atoms with Gasteiger partial charge in [0.2, 0.25) is 0 Å². The van der Waals surface area contributed by atoms with Crippen LogP contribution in [0, 0.1) is 17.7 Å². The lowest BCUT2D eigenvalue weighted by Crippen LogP contribution is -2.23. The summed E-state index contributed by atoms with van der Waals surface area (Å²) in [6.45, 7) is 6.85. The third kappa shape index (κ3) is 3.28. The monoisotopic (exact) mass is 469 g/mol. The van der Waals surface area contributed by atoms with E-state index in [0.29, 0.717) is 30.0 Å². The first kappa shape index (κ1) is 20.7. The molecule has 4 aliphatic rings. The fourth-order valence-corrected chi connectivity index (χ4v) is 6.46. The normalized spacial score (nSPS) is 21.4. The van der Waals surface area contributed by atoms with Gasteiger partial charge >= 0.3 is 6.01 Å². The molecule has 2 atom stereocenters. The lowest BCUT2D eigenvalue weighted by atomic mass is 10.0. The molecule has 2 aromatic carbocycles. The van der Waals surface area contributed by atoms with Crippen molar-refractivity contribution in [2.24, 2.45) is 11.8 Å². The standard InChI is InChI=1S/C28H28FN5O/c1-15-21-10-20(7-6-16(21)12-31-15)35-28-32-25-11-22-23(8-19(29)9-24(22)30-2)26(25)27(33-28)34-13-17-4-3-5-18(17)14-34/h6-10,17-18,30-31H,1,3-5,11-14H2,2H3/t17-,18+. The van der Waals surface area contributed by atoms with Crippen LogP contribution in [0.2, 0.25) is 0 Å². The van der Waals surface area contributed by atoms with Gasteiger partial charge in [-0.3, -0.25) is 0 Å². The number of aromatic nitrogens is 2. The van der Waals surface area contributed by atoms with E-state index in [-0.39, 0.29) is 5.82 Å². The molecular weight excluding hydrogens is 441 g/mol. The van der Waals surface area contributed by atoms with Gasteiger partial charge in [0.25, 0.3) is 0 Å². The number of anilines is 2. The molecule has 178 valence electrons. The van der Waals surface area contributed by atoms with Crippen LogP contribution < -0.4 is 20.3 Å². The van der Waals surface area contributed by atoms with E-state index in [2.05, 4.69) is 28.2 Å². The zero-order valence-electron chi connectivity index (χ0n) is 19.8. The Morgan fingerprint density at radius 2 is 1.94 bits per heavy atom. The van der Waals surface area contributed by atoms with Crippen LogP contribution in [0.4, 0.5) is 15.9 Å². The average molecular weight is 470 g/mol. The Balaban J connectivity index is 1.32. The number of ether oxygens (including phenoxy) is 1. The predicted molar refractivity (Wildman–Crippen MR) is 135 cm³/mol. The van der Waals surface area contributed by atoms with Crippen molar-refractivity contribution in [1.82, 2.24) is 15.3 Å². The molecule has 2 aliphatic carbocycles. The quantitative estimate of drug-likeness (QED) is 0.421. The summed E-state index contributed by atoms with van der Waals surface area (Å²) in [5, 5.41) is 6.44. The van der Waals surface area contributed by atoms with Crippen LogP contribution in [0.5, 0.6) is 11.8 Å². The fraction of sp³-hybridized carbons (Fsp3) is 0.357. The summed E-state index contributed by atoms with van der Waals surface area (Å²) < 4.78 is 20.8. The highest BCUT2D eigenvalue weighted by molar-refractivity contribution is 5.88. The number of rotatable bonds is 4. The number of halogens is 1. The molecule has 2 aliphatic heterocycles. The van der Waals surface area contributed by atoms with E-state index >= 15 is 0 Å². The smallest absolute Gasteiger partial charge is 0.324 e. The van der Waals surface area contributed by atoms with Gasteiger partial charge in [0.1, 0.15) is 17.4 Å². The number of nitrogens with one attached hydrogen (secondary N) is 2. The van der Waals surface area contributed by atoms with Gasteiger partial charge < -0.3 is 20.3 Å². The molecule has 0 bridgehead atoms. The Morgan fingerprint density at radius 1 is 1.11 bits per heavy atom. The van der Waals surface area contributed by atoms with Gasteiger partial charge in [0.05, 0.1) is 5.69 Å². The maximum absolute atomic E-state index is 14.6. The fourth-order valence-electron chi connectivity index (χ4n) is 6.46. The second-order valence-corrected chi connectivity index (χ2v) is 10.2. The van der Waals surface area contributed by atoms with Gasteiger partial charge in [-0.1, -0.05) is 19.1 Å². The molecule has 3 heterocycles. The van der Waals surface area contributed by atoms with Crippen LogP contribution in [0.25, 0.3) is 16.8 Å². The molecule has 0 spiro atoms. The molecule has 3 aromatic rings. The number of fused-ring (bicyclic) bond motifs is 5. The third-order valence-corrected chi connectivity index (χ3v) is 8.18. The van der Waals surface area contributed by atoms with Gasteiger partial charge in [-0.2, -0.15) is 9.97 Å². The van der Waals surface area contributed by atoms with E-state index in [9.17, 15) is 4.39 Å². The Labute approximate surface area is 204 Å². The van der Waals surface area contributed by atoms with Gasteiger partial charge in [0, 0.05) is 55.6 Å². The molecular formula is C28H28FN5O. The lowest BCUT2D eigenvalue weighted by Gasteiger charge is -2.22. The minimum Gasteiger partial charge on any atom is -0.424 e. The molecule has 6 nitrogen and oxygen atoms in total. The van der Waals surface area contributed by atoms with Crippen molar-refractivity contribution in [1.29, 1.82) is 0 Å². The number of nitrogens with zero attached hydrogens (tertiary/aromatic N) is 3. The maximum atomic E-state index is 14.6. The largest absolute Gasteiger partial charge is 0.424 e. The summed E-state index contributed by atoms with van der Waals surface area (Å²) in [7, 11) is 1.83. The van der Waals surface area contributed by atoms with E-state index in [1.807, 2.05) is 19.2 Å². The van der Waals surface area contributed by atoms with Crippen LogP contribution in [0.3, 0.4) is 0 Å². The van der Waals surface area contributed by atoms with Crippen molar-refractivity contribution in [3.05, 3.63) is 65.1 Å². The van der Waals surface area contributed by atoms with Crippen molar-refractivity contribution in [3.63, 3.8) is 0 Å². The highest BCUT2D eigenvalue weighted by Crippen LogP contribution is 2.48. The molecule has 0 radical (unpaired) electrons. The van der Waals surface area contributed by atoms with E-state index in [1.54, 1.807) is 12.1 Å². The Morgan fingerprint density at radius 3 is 2.74 bits per heavy atom. The summed E-state index contributed by atoms with van der Waals surface area (Å²) >= 11 is 0. The zero-order valence-corrected chi connectivity index (χ0v) is 19.8. The Kier molecular flexibility index (Phi) is 4.56. The predicted octanol–water partition coefficient (Wildman–Crippen LogP) is 5.33. The highest BCUT2D eigenvalue weighted by Gasteiger charge is 2.39. The van der Waals surface area contributed by atoms with Crippen LogP contribution >= 0.6 is 0 Å². The van der Waals surface area contributed by atoms with E-state index in [1.165, 1.54) is 24.8 Å². The van der Waals surface area contributed by atoms with Gasteiger partial charge in [-0.05, 0) is 65.6 Å². The van der Waals surface area contributed by atoms with Crippen molar-refractivity contribution in [2.75, 3.05) is 30.4 Å². The molecule has 1 saturated carbocycles. The lowest BCUT2D eigenvalue weighted by molar-refractivity contribution is 0.440. The Hall–Kier alpha value is -3.61. The molecule has 35 heavy (non-hydrogen) atoms. The van der Waals surface area contributed by atoms with E-state index in [0.717, 1.165) is 64.8 Å². The van der Waals surface area contributed by atoms with Gasteiger partial charge in [0.15, 0.2) is 0 Å². The summed E-state index contributed by atoms with van der Waals surface area (Å²) in [5.74, 6) is 2.73. The van der Waals surface area contributed by atoms with Crippen LogP contribution in [0.1, 0.15) is 41.6 Å². The summed E-state index contributed by atoms with van der Waals surface area (Å²) in [6.07, 6.45) is 4.50. The number of hydrogen-bond acceptors (Lipinski definition) is 6.